The van der Waals surface area contributed by atoms with Crippen LogP contribution in [0.15, 0.2) is 24.0 Å². The SMILES string of the molecule is C=C(C)[C@@]1(O)O[C@H]2C[C@@]3(C)OC(=CC3=O)[C@H](C)C[C@H]3OC(=O)[C@@]1(C)[C@H]23. The molecule has 0 radical (unpaired) electrons. The van der Waals surface area contributed by atoms with Gasteiger partial charge in [-0.25, -0.2) is 0 Å². The van der Waals surface area contributed by atoms with Crippen LogP contribution in [-0.2, 0) is 23.8 Å². The summed E-state index contributed by atoms with van der Waals surface area (Å²) in [6.07, 6.45) is 1.37. The fourth-order valence-corrected chi connectivity index (χ4v) is 4.99. The Hall–Kier alpha value is -1.66. The normalized spacial score (nSPS) is 51.0. The molecule has 4 aliphatic rings. The van der Waals surface area contributed by atoms with Crippen molar-refractivity contribution < 1.29 is 28.9 Å². The van der Waals surface area contributed by atoms with Gasteiger partial charge >= 0.3 is 5.97 Å². The smallest absolute Gasteiger partial charge is 0.318 e. The van der Waals surface area contributed by atoms with Crippen molar-refractivity contribution in [1.82, 2.24) is 0 Å². The number of allylic oxidation sites excluding steroid dienone is 1. The average molecular weight is 348 g/mol. The Labute approximate surface area is 146 Å². The Morgan fingerprint density at radius 3 is 2.64 bits per heavy atom. The Morgan fingerprint density at radius 2 is 2.00 bits per heavy atom. The standard InChI is InChI=1S/C19H24O6/c1-9(2)19(22)18(5)15-12(23-16(18)21)6-10(3)11-7-14(20)17(4,24-11)8-13(15)25-19/h7,10,12-13,15,22H,1,6,8H2,2-5H3/t10-,12-,13+,15+,17-,18-,19-/m1/s1. The summed E-state index contributed by atoms with van der Waals surface area (Å²) in [4.78, 5) is 25.3. The first kappa shape index (κ1) is 16.8. The van der Waals surface area contributed by atoms with E-state index in [0.29, 0.717) is 17.8 Å². The maximum atomic E-state index is 12.8. The van der Waals surface area contributed by atoms with Gasteiger partial charge in [-0.15, -0.1) is 0 Å². The van der Waals surface area contributed by atoms with Crippen LogP contribution < -0.4 is 0 Å². The zero-order chi connectivity index (χ0) is 18.4. The van der Waals surface area contributed by atoms with E-state index >= 15 is 0 Å². The number of ketones is 1. The Balaban J connectivity index is 1.85. The molecule has 1 N–H and O–H groups in total. The molecule has 136 valence electrons. The minimum Gasteiger partial charge on any atom is -0.483 e. The molecule has 0 amide bonds. The molecule has 25 heavy (non-hydrogen) atoms. The third-order valence-electron chi connectivity index (χ3n) is 6.55. The second-order valence-electron chi connectivity index (χ2n) is 8.34. The van der Waals surface area contributed by atoms with Crippen molar-refractivity contribution in [3.05, 3.63) is 24.0 Å². The second-order valence-corrected chi connectivity index (χ2v) is 8.34. The number of ether oxygens (including phenoxy) is 3. The van der Waals surface area contributed by atoms with Gasteiger partial charge in [0.05, 0.1) is 6.10 Å². The number of fused-ring (bicyclic) bond motifs is 2. The molecule has 3 fully saturated rings. The molecule has 2 bridgehead atoms. The molecular formula is C19H24O6. The van der Waals surface area contributed by atoms with Crippen molar-refractivity contribution >= 4 is 11.8 Å². The van der Waals surface area contributed by atoms with E-state index < -0.39 is 35.0 Å². The molecule has 4 rings (SSSR count). The van der Waals surface area contributed by atoms with Crippen molar-refractivity contribution in [2.24, 2.45) is 17.3 Å². The highest BCUT2D eigenvalue weighted by molar-refractivity contribution is 5.99. The van der Waals surface area contributed by atoms with Gasteiger partial charge in [-0.2, -0.15) is 0 Å². The lowest BCUT2D eigenvalue weighted by molar-refractivity contribution is -0.220. The van der Waals surface area contributed by atoms with Crippen LogP contribution in [0, 0.1) is 17.3 Å². The van der Waals surface area contributed by atoms with E-state index in [1.54, 1.807) is 26.8 Å². The van der Waals surface area contributed by atoms with Gasteiger partial charge in [0.1, 0.15) is 17.3 Å². The van der Waals surface area contributed by atoms with Gasteiger partial charge in [0, 0.05) is 24.3 Å². The fraction of sp³-hybridized carbons (Fsp3) is 0.684. The van der Waals surface area contributed by atoms with Crippen LogP contribution in [0.2, 0.25) is 0 Å². The van der Waals surface area contributed by atoms with Crippen molar-refractivity contribution in [3.63, 3.8) is 0 Å². The van der Waals surface area contributed by atoms with E-state index in [1.165, 1.54) is 0 Å². The quantitative estimate of drug-likeness (QED) is 0.575. The number of carbonyl (C=O) groups is 2. The van der Waals surface area contributed by atoms with Gasteiger partial charge in [0.15, 0.2) is 5.60 Å². The lowest BCUT2D eigenvalue weighted by atomic mass is 9.67. The summed E-state index contributed by atoms with van der Waals surface area (Å²) in [6, 6.07) is 0. The minimum absolute atomic E-state index is 0.0665. The summed E-state index contributed by atoms with van der Waals surface area (Å²) in [7, 11) is 0. The molecule has 4 aliphatic heterocycles. The molecule has 0 aromatic heterocycles. The number of hydrogen-bond donors (Lipinski definition) is 1. The van der Waals surface area contributed by atoms with E-state index in [1.807, 2.05) is 6.92 Å². The zero-order valence-corrected chi connectivity index (χ0v) is 15.0. The van der Waals surface area contributed by atoms with Crippen molar-refractivity contribution in [3.8, 4) is 0 Å². The van der Waals surface area contributed by atoms with Gasteiger partial charge in [0.2, 0.25) is 11.6 Å². The lowest BCUT2D eigenvalue weighted by Gasteiger charge is -2.34. The first-order valence-corrected chi connectivity index (χ1v) is 8.75. The summed E-state index contributed by atoms with van der Waals surface area (Å²) >= 11 is 0. The predicted molar refractivity (Wildman–Crippen MR) is 87.1 cm³/mol. The molecule has 0 aliphatic carbocycles. The molecule has 7 atom stereocenters. The maximum absolute atomic E-state index is 12.8. The number of carbonyl (C=O) groups excluding carboxylic acids is 2. The molecule has 0 spiro atoms. The topological polar surface area (TPSA) is 82.1 Å². The zero-order valence-electron chi connectivity index (χ0n) is 15.0. The van der Waals surface area contributed by atoms with Crippen LogP contribution >= 0.6 is 0 Å². The molecule has 0 unspecified atom stereocenters. The molecular weight excluding hydrogens is 324 g/mol. The first-order valence-electron chi connectivity index (χ1n) is 8.75. The van der Waals surface area contributed by atoms with Crippen LogP contribution in [0.25, 0.3) is 0 Å². The minimum atomic E-state index is -1.81. The summed E-state index contributed by atoms with van der Waals surface area (Å²) in [6.45, 7) is 10.8. The first-order chi connectivity index (χ1) is 11.5. The number of aliphatic hydroxyl groups is 1. The number of hydrogen-bond acceptors (Lipinski definition) is 6. The molecule has 0 saturated carbocycles. The lowest BCUT2D eigenvalue weighted by Crippen LogP contribution is -2.49. The maximum Gasteiger partial charge on any atom is 0.318 e. The van der Waals surface area contributed by atoms with Crippen LogP contribution in [0.5, 0.6) is 0 Å². The highest BCUT2D eigenvalue weighted by Crippen LogP contribution is 2.61. The largest absolute Gasteiger partial charge is 0.483 e. The molecule has 3 saturated heterocycles. The highest BCUT2D eigenvalue weighted by Gasteiger charge is 2.74. The third kappa shape index (κ3) is 1.87. The van der Waals surface area contributed by atoms with Gasteiger partial charge in [-0.1, -0.05) is 13.5 Å². The van der Waals surface area contributed by atoms with Crippen molar-refractivity contribution in [2.75, 3.05) is 0 Å². The molecule has 6 nitrogen and oxygen atoms in total. The van der Waals surface area contributed by atoms with Crippen molar-refractivity contribution in [2.45, 2.75) is 64.1 Å². The van der Waals surface area contributed by atoms with Crippen LogP contribution in [0.3, 0.4) is 0 Å². The monoisotopic (exact) mass is 348 g/mol. The Kier molecular flexibility index (Phi) is 3.18. The number of rotatable bonds is 1. The van der Waals surface area contributed by atoms with Gasteiger partial charge < -0.3 is 19.3 Å². The van der Waals surface area contributed by atoms with E-state index in [-0.39, 0.29) is 24.0 Å². The average Bonchev–Trinajstić information content (AvgIpc) is 3.03. The molecule has 0 aromatic carbocycles. The number of esters is 1. The van der Waals surface area contributed by atoms with Crippen molar-refractivity contribution in [1.29, 1.82) is 0 Å². The third-order valence-corrected chi connectivity index (χ3v) is 6.55. The summed E-state index contributed by atoms with van der Waals surface area (Å²) in [5.74, 6) is -2.19. The van der Waals surface area contributed by atoms with Crippen LogP contribution in [0.1, 0.15) is 40.5 Å². The second kappa shape index (κ2) is 4.74. The van der Waals surface area contributed by atoms with Gasteiger partial charge in [-0.05, 0) is 32.8 Å². The highest BCUT2D eigenvalue weighted by atomic mass is 16.7. The van der Waals surface area contributed by atoms with Gasteiger partial charge in [0.25, 0.3) is 0 Å². The van der Waals surface area contributed by atoms with Crippen LogP contribution in [0.4, 0.5) is 0 Å². The fourth-order valence-electron chi connectivity index (χ4n) is 4.99. The Bertz CT molecular complexity index is 725. The Morgan fingerprint density at radius 1 is 1.32 bits per heavy atom. The predicted octanol–water partition coefficient (Wildman–Crippen LogP) is 1.87. The van der Waals surface area contributed by atoms with E-state index in [0.717, 1.165) is 0 Å². The molecule has 4 heterocycles. The molecule has 0 aromatic rings. The van der Waals surface area contributed by atoms with E-state index in [9.17, 15) is 14.7 Å². The summed E-state index contributed by atoms with van der Waals surface area (Å²) in [5.41, 5.74) is -1.94. The summed E-state index contributed by atoms with van der Waals surface area (Å²) < 4.78 is 17.7. The van der Waals surface area contributed by atoms with Gasteiger partial charge in [-0.3, -0.25) is 9.59 Å². The summed E-state index contributed by atoms with van der Waals surface area (Å²) in [5, 5.41) is 11.2. The van der Waals surface area contributed by atoms with Crippen LogP contribution in [-0.4, -0.2) is 40.5 Å². The molecule has 6 heteroatoms. The van der Waals surface area contributed by atoms with E-state index in [2.05, 4.69) is 6.58 Å². The van der Waals surface area contributed by atoms with E-state index in [4.69, 9.17) is 14.2 Å².